The van der Waals surface area contributed by atoms with E-state index in [1.54, 1.807) is 21.3 Å². The zero-order chi connectivity index (χ0) is 19.0. The van der Waals surface area contributed by atoms with E-state index in [4.69, 9.17) is 14.2 Å². The maximum Gasteiger partial charge on any atom is 0.225 e. The number of benzene rings is 3. The normalized spacial score (nSPS) is 15.8. The Morgan fingerprint density at radius 2 is 1.59 bits per heavy atom. The van der Waals surface area contributed by atoms with Crippen molar-refractivity contribution in [3.8, 4) is 17.2 Å². The number of ether oxygens (including phenoxy) is 3. The van der Waals surface area contributed by atoms with Gasteiger partial charge in [-0.2, -0.15) is 0 Å². The van der Waals surface area contributed by atoms with Gasteiger partial charge in [-0.15, -0.1) is 0 Å². The Bertz CT molecular complexity index is 1030. The molecular formula is C22H21NO4. The smallest absolute Gasteiger partial charge is 0.225 e. The minimum atomic E-state index is -0.131. The molecule has 3 aromatic carbocycles. The number of anilines is 1. The van der Waals surface area contributed by atoms with Gasteiger partial charge in [-0.25, -0.2) is 0 Å². The molecule has 138 valence electrons. The number of fused-ring (bicyclic) bond motifs is 3. The molecule has 0 radical (unpaired) electrons. The number of carbonyl (C=O) groups excluding carboxylic acids is 1. The molecule has 0 spiro atoms. The molecule has 5 heteroatoms. The summed E-state index contributed by atoms with van der Waals surface area (Å²) in [5.74, 6) is 1.58. The summed E-state index contributed by atoms with van der Waals surface area (Å²) in [6.07, 6.45) is 0.344. The van der Waals surface area contributed by atoms with E-state index in [0.29, 0.717) is 23.7 Å². The summed E-state index contributed by atoms with van der Waals surface area (Å²) in [6.45, 7) is 0. The molecule has 3 aromatic rings. The fourth-order valence-corrected chi connectivity index (χ4v) is 3.88. The van der Waals surface area contributed by atoms with Crippen molar-refractivity contribution < 1.29 is 19.0 Å². The fraction of sp³-hybridized carbons (Fsp3) is 0.227. The first kappa shape index (κ1) is 17.2. The number of hydrogen-bond acceptors (Lipinski definition) is 4. The van der Waals surface area contributed by atoms with Gasteiger partial charge in [-0.05, 0) is 17.0 Å². The summed E-state index contributed by atoms with van der Waals surface area (Å²) >= 11 is 0. The van der Waals surface area contributed by atoms with E-state index in [2.05, 4.69) is 17.4 Å². The van der Waals surface area contributed by atoms with Crippen LogP contribution < -0.4 is 19.5 Å². The number of amides is 1. The number of hydrogen-bond donors (Lipinski definition) is 1. The maximum absolute atomic E-state index is 12.5. The molecule has 1 amide bonds. The van der Waals surface area contributed by atoms with Gasteiger partial charge in [-0.3, -0.25) is 4.79 Å². The maximum atomic E-state index is 12.5. The SMILES string of the molecule is COc1ccc(C2CC(=O)Nc3c2ccc2ccccc32)c(OC)c1OC. The van der Waals surface area contributed by atoms with Crippen LogP contribution in [0.25, 0.3) is 10.8 Å². The second-order valence-electron chi connectivity index (χ2n) is 6.48. The molecule has 1 unspecified atom stereocenters. The van der Waals surface area contributed by atoms with Crippen LogP contribution in [0, 0.1) is 0 Å². The molecule has 0 bridgehead atoms. The van der Waals surface area contributed by atoms with E-state index in [0.717, 1.165) is 27.6 Å². The molecule has 1 aliphatic rings. The first-order valence-electron chi connectivity index (χ1n) is 8.78. The van der Waals surface area contributed by atoms with Gasteiger partial charge in [0, 0.05) is 23.3 Å². The van der Waals surface area contributed by atoms with Gasteiger partial charge < -0.3 is 19.5 Å². The Labute approximate surface area is 157 Å². The Kier molecular flexibility index (Phi) is 4.36. The van der Waals surface area contributed by atoms with E-state index in [1.165, 1.54) is 0 Å². The van der Waals surface area contributed by atoms with Gasteiger partial charge in [0.15, 0.2) is 11.5 Å². The molecule has 1 atom stereocenters. The highest BCUT2D eigenvalue weighted by molar-refractivity contribution is 6.06. The van der Waals surface area contributed by atoms with Crippen molar-refractivity contribution in [2.24, 2.45) is 0 Å². The zero-order valence-corrected chi connectivity index (χ0v) is 15.5. The average molecular weight is 363 g/mol. The Balaban J connectivity index is 1.94. The van der Waals surface area contributed by atoms with Crippen LogP contribution in [0.2, 0.25) is 0 Å². The van der Waals surface area contributed by atoms with Crippen molar-refractivity contribution in [1.82, 2.24) is 0 Å². The van der Waals surface area contributed by atoms with Crippen LogP contribution >= 0.6 is 0 Å². The summed E-state index contributed by atoms with van der Waals surface area (Å²) in [5, 5.41) is 5.18. The predicted molar refractivity (Wildman–Crippen MR) is 105 cm³/mol. The summed E-state index contributed by atoms with van der Waals surface area (Å²) in [4.78, 5) is 12.5. The van der Waals surface area contributed by atoms with Gasteiger partial charge in [0.25, 0.3) is 0 Å². The molecule has 1 N–H and O–H groups in total. The third-order valence-electron chi connectivity index (χ3n) is 5.10. The molecule has 0 saturated heterocycles. The molecule has 0 aliphatic carbocycles. The van der Waals surface area contributed by atoms with E-state index in [-0.39, 0.29) is 11.8 Å². The van der Waals surface area contributed by atoms with Crippen molar-refractivity contribution in [2.45, 2.75) is 12.3 Å². The largest absolute Gasteiger partial charge is 0.493 e. The van der Waals surface area contributed by atoms with E-state index in [9.17, 15) is 4.79 Å². The zero-order valence-electron chi connectivity index (χ0n) is 15.5. The Morgan fingerprint density at radius 3 is 2.33 bits per heavy atom. The molecule has 0 fully saturated rings. The lowest BCUT2D eigenvalue weighted by Crippen LogP contribution is -2.24. The highest BCUT2D eigenvalue weighted by atomic mass is 16.5. The quantitative estimate of drug-likeness (QED) is 0.749. The summed E-state index contributed by atoms with van der Waals surface area (Å²) in [6, 6.07) is 16.0. The molecule has 5 nitrogen and oxygen atoms in total. The van der Waals surface area contributed by atoms with E-state index in [1.807, 2.05) is 36.4 Å². The van der Waals surface area contributed by atoms with Gasteiger partial charge in [-0.1, -0.05) is 42.5 Å². The Hall–Kier alpha value is -3.21. The number of nitrogens with one attached hydrogen (secondary N) is 1. The first-order chi connectivity index (χ1) is 13.2. The molecule has 1 aliphatic heterocycles. The topological polar surface area (TPSA) is 56.8 Å². The van der Waals surface area contributed by atoms with Crippen LogP contribution in [-0.2, 0) is 4.79 Å². The van der Waals surface area contributed by atoms with Crippen LogP contribution in [0.1, 0.15) is 23.5 Å². The van der Waals surface area contributed by atoms with Crippen LogP contribution in [0.3, 0.4) is 0 Å². The van der Waals surface area contributed by atoms with Crippen molar-refractivity contribution in [1.29, 1.82) is 0 Å². The summed E-state index contributed by atoms with van der Waals surface area (Å²) in [5.41, 5.74) is 2.84. The highest BCUT2D eigenvalue weighted by Crippen LogP contribution is 2.48. The third-order valence-corrected chi connectivity index (χ3v) is 5.10. The number of rotatable bonds is 4. The number of carbonyl (C=O) groups is 1. The first-order valence-corrected chi connectivity index (χ1v) is 8.78. The monoisotopic (exact) mass is 363 g/mol. The molecular weight excluding hydrogens is 342 g/mol. The molecule has 1 heterocycles. The van der Waals surface area contributed by atoms with Gasteiger partial charge in [0.1, 0.15) is 0 Å². The summed E-state index contributed by atoms with van der Waals surface area (Å²) < 4.78 is 16.6. The summed E-state index contributed by atoms with van der Waals surface area (Å²) in [7, 11) is 4.77. The molecule has 4 rings (SSSR count). The lowest BCUT2D eigenvalue weighted by molar-refractivity contribution is -0.116. The van der Waals surface area contributed by atoms with Crippen molar-refractivity contribution in [3.63, 3.8) is 0 Å². The average Bonchev–Trinajstić information content (AvgIpc) is 2.71. The van der Waals surface area contributed by atoms with Crippen LogP contribution in [0.5, 0.6) is 17.2 Å². The van der Waals surface area contributed by atoms with Crippen molar-refractivity contribution in [2.75, 3.05) is 26.6 Å². The lowest BCUT2D eigenvalue weighted by Gasteiger charge is -2.29. The Morgan fingerprint density at radius 1 is 0.852 bits per heavy atom. The molecule has 27 heavy (non-hydrogen) atoms. The van der Waals surface area contributed by atoms with E-state index >= 15 is 0 Å². The van der Waals surface area contributed by atoms with Gasteiger partial charge >= 0.3 is 0 Å². The lowest BCUT2D eigenvalue weighted by atomic mass is 9.82. The van der Waals surface area contributed by atoms with Gasteiger partial charge in [0.05, 0.1) is 27.0 Å². The molecule has 0 saturated carbocycles. The van der Waals surface area contributed by atoms with E-state index < -0.39 is 0 Å². The van der Waals surface area contributed by atoms with Gasteiger partial charge in [0.2, 0.25) is 11.7 Å². The second-order valence-corrected chi connectivity index (χ2v) is 6.48. The van der Waals surface area contributed by atoms with Crippen LogP contribution in [0.15, 0.2) is 48.5 Å². The second kappa shape index (κ2) is 6.83. The van der Waals surface area contributed by atoms with Crippen LogP contribution in [0.4, 0.5) is 5.69 Å². The number of methoxy groups -OCH3 is 3. The highest BCUT2D eigenvalue weighted by Gasteiger charge is 2.31. The van der Waals surface area contributed by atoms with Crippen molar-refractivity contribution >= 4 is 22.4 Å². The molecule has 0 aromatic heterocycles. The predicted octanol–water partition coefficient (Wildman–Crippen LogP) is 4.34. The van der Waals surface area contributed by atoms with Crippen molar-refractivity contribution in [3.05, 3.63) is 59.7 Å². The minimum Gasteiger partial charge on any atom is -0.493 e. The standard InChI is InChI=1S/C22H21NO4/c1-25-18-11-10-16(21(26-2)22(18)27-3)17-12-19(24)23-20-14-7-5-4-6-13(14)8-9-15(17)20/h4-11,17H,12H2,1-3H3,(H,23,24). The minimum absolute atomic E-state index is 0.0132. The fourth-order valence-electron chi connectivity index (χ4n) is 3.88. The third kappa shape index (κ3) is 2.76. The van der Waals surface area contributed by atoms with Crippen LogP contribution in [-0.4, -0.2) is 27.2 Å².